The fraction of sp³-hybridized carbons (Fsp3) is 0.316. The fourth-order valence-corrected chi connectivity index (χ4v) is 4.47. The van der Waals surface area contributed by atoms with Crippen LogP contribution in [-0.2, 0) is 11.3 Å². The first-order valence-electron chi connectivity index (χ1n) is 8.70. The van der Waals surface area contributed by atoms with Gasteiger partial charge in [0.15, 0.2) is 0 Å². The molecule has 0 spiro atoms. The highest BCUT2D eigenvalue weighted by molar-refractivity contribution is 7.10. The van der Waals surface area contributed by atoms with Crippen molar-refractivity contribution >= 4 is 28.0 Å². The Kier molecular flexibility index (Phi) is 4.46. The second-order valence-corrected chi connectivity index (χ2v) is 7.43. The Morgan fingerprint density at radius 3 is 2.73 bits per heavy atom. The van der Waals surface area contributed by atoms with Gasteiger partial charge in [-0.05, 0) is 36.4 Å². The largest absolute Gasteiger partial charge is 0.335 e. The zero-order valence-corrected chi connectivity index (χ0v) is 15.0. The van der Waals surface area contributed by atoms with Crippen molar-refractivity contribution in [2.75, 3.05) is 6.54 Å². The number of H-pyrrole nitrogens is 1. The molecule has 1 N–H and O–H groups in total. The maximum absolute atomic E-state index is 12.7. The Morgan fingerprint density at radius 1 is 1.15 bits per heavy atom. The molecular weight excluding hydrogens is 350 g/mol. The lowest BCUT2D eigenvalue weighted by atomic mass is 10.2. The highest BCUT2D eigenvalue weighted by Gasteiger charge is 2.30. The van der Waals surface area contributed by atoms with Gasteiger partial charge in [-0.25, -0.2) is 4.68 Å². The van der Waals surface area contributed by atoms with Crippen molar-refractivity contribution in [3.05, 3.63) is 67.4 Å². The summed E-state index contributed by atoms with van der Waals surface area (Å²) in [5.41, 5.74) is -0.588. The number of benzene rings is 1. The molecule has 0 saturated carbocycles. The number of nitrogens with zero attached hydrogens (tertiary/aromatic N) is 2. The molecule has 1 fully saturated rings. The van der Waals surface area contributed by atoms with Crippen LogP contribution < -0.4 is 11.1 Å². The minimum Gasteiger partial charge on any atom is -0.335 e. The van der Waals surface area contributed by atoms with E-state index in [9.17, 15) is 14.4 Å². The van der Waals surface area contributed by atoms with Crippen molar-refractivity contribution in [1.82, 2.24) is 14.7 Å². The van der Waals surface area contributed by atoms with Crippen molar-refractivity contribution in [3.63, 3.8) is 0 Å². The zero-order chi connectivity index (χ0) is 18.1. The van der Waals surface area contributed by atoms with Crippen LogP contribution in [-0.4, -0.2) is 27.1 Å². The van der Waals surface area contributed by atoms with Crippen molar-refractivity contribution in [2.24, 2.45) is 0 Å². The molecule has 0 radical (unpaired) electrons. The topological polar surface area (TPSA) is 75.2 Å². The van der Waals surface area contributed by atoms with E-state index in [0.717, 1.165) is 19.4 Å². The van der Waals surface area contributed by atoms with Crippen LogP contribution >= 0.6 is 11.3 Å². The second kappa shape index (κ2) is 6.92. The normalized spacial score (nSPS) is 17.1. The number of aryl methyl sites for hydroxylation is 1. The molecule has 3 heterocycles. The van der Waals surface area contributed by atoms with Crippen LogP contribution in [0.4, 0.5) is 0 Å². The van der Waals surface area contributed by atoms with E-state index < -0.39 is 0 Å². The molecule has 0 bridgehead atoms. The molecule has 134 valence electrons. The highest BCUT2D eigenvalue weighted by atomic mass is 32.1. The highest BCUT2D eigenvalue weighted by Crippen LogP contribution is 2.34. The summed E-state index contributed by atoms with van der Waals surface area (Å²) in [6.07, 6.45) is 2.15. The summed E-state index contributed by atoms with van der Waals surface area (Å²) in [4.78, 5) is 40.5. The molecule has 26 heavy (non-hydrogen) atoms. The minimum atomic E-state index is -0.315. The average Bonchev–Trinajstić information content (AvgIpc) is 3.34. The third-order valence-electron chi connectivity index (χ3n) is 4.88. The van der Waals surface area contributed by atoms with Crippen molar-refractivity contribution in [1.29, 1.82) is 0 Å². The fourth-order valence-electron chi connectivity index (χ4n) is 3.60. The Morgan fingerprint density at radius 2 is 1.96 bits per heavy atom. The quantitative estimate of drug-likeness (QED) is 0.768. The molecule has 1 atom stereocenters. The van der Waals surface area contributed by atoms with Crippen LogP contribution in [0.15, 0.2) is 51.4 Å². The molecule has 0 aliphatic carbocycles. The smallest absolute Gasteiger partial charge is 0.273 e. The maximum atomic E-state index is 12.7. The molecule has 1 saturated heterocycles. The number of carbonyl (C=O) groups excluding carboxylic acids is 1. The first-order valence-corrected chi connectivity index (χ1v) is 9.58. The molecule has 2 aromatic heterocycles. The summed E-state index contributed by atoms with van der Waals surface area (Å²) in [6.45, 7) is 0.913. The summed E-state index contributed by atoms with van der Waals surface area (Å²) in [5.74, 6) is 0.0156. The van der Waals surface area contributed by atoms with Crippen LogP contribution in [0.25, 0.3) is 10.8 Å². The number of hydrogen-bond acceptors (Lipinski definition) is 4. The molecule has 6 nitrogen and oxygen atoms in total. The van der Waals surface area contributed by atoms with Crippen LogP contribution in [0.3, 0.4) is 0 Å². The van der Waals surface area contributed by atoms with Crippen LogP contribution in [0.2, 0.25) is 0 Å². The SMILES string of the molecule is O=C(CCn1[nH]c(=O)c2ccccc2c1=O)N1CCC[C@@H]1c1cccs1. The van der Waals surface area contributed by atoms with Crippen molar-refractivity contribution in [3.8, 4) is 0 Å². The lowest BCUT2D eigenvalue weighted by Gasteiger charge is -2.24. The number of fused-ring (bicyclic) bond motifs is 1. The molecule has 0 unspecified atom stereocenters. The molecule has 1 amide bonds. The van der Waals surface area contributed by atoms with E-state index in [1.54, 1.807) is 35.6 Å². The molecule has 7 heteroatoms. The van der Waals surface area contributed by atoms with Crippen LogP contribution in [0.5, 0.6) is 0 Å². The van der Waals surface area contributed by atoms with Gasteiger partial charge in [0.25, 0.3) is 11.1 Å². The predicted molar refractivity (Wildman–Crippen MR) is 101 cm³/mol. The Labute approximate surface area is 153 Å². The van der Waals surface area contributed by atoms with E-state index in [-0.39, 0.29) is 36.0 Å². The third kappa shape index (κ3) is 2.99. The van der Waals surface area contributed by atoms with E-state index in [0.29, 0.717) is 10.8 Å². The number of nitrogens with one attached hydrogen (secondary N) is 1. The summed E-state index contributed by atoms with van der Waals surface area (Å²) in [7, 11) is 0. The number of aromatic amines is 1. The van der Waals surface area contributed by atoms with Gasteiger partial charge in [0, 0.05) is 17.8 Å². The number of thiophene rings is 1. The Bertz CT molecular complexity index is 1050. The minimum absolute atomic E-state index is 0.0156. The van der Waals surface area contributed by atoms with Gasteiger partial charge in [-0.15, -0.1) is 11.3 Å². The van der Waals surface area contributed by atoms with Crippen molar-refractivity contribution in [2.45, 2.75) is 31.8 Å². The Balaban J connectivity index is 1.53. The number of aromatic nitrogens is 2. The van der Waals surface area contributed by atoms with E-state index in [4.69, 9.17) is 0 Å². The summed E-state index contributed by atoms with van der Waals surface area (Å²) >= 11 is 1.67. The van der Waals surface area contributed by atoms with Gasteiger partial charge in [0.05, 0.1) is 23.4 Å². The van der Waals surface area contributed by atoms with E-state index in [2.05, 4.69) is 11.2 Å². The molecule has 1 aliphatic rings. The number of carbonyl (C=O) groups is 1. The van der Waals surface area contributed by atoms with E-state index in [1.165, 1.54) is 9.56 Å². The first kappa shape index (κ1) is 16.8. The van der Waals surface area contributed by atoms with Gasteiger partial charge in [-0.3, -0.25) is 19.5 Å². The lowest BCUT2D eigenvalue weighted by Crippen LogP contribution is -2.34. The van der Waals surface area contributed by atoms with Gasteiger partial charge in [-0.2, -0.15) is 0 Å². The zero-order valence-electron chi connectivity index (χ0n) is 14.2. The summed E-state index contributed by atoms with van der Waals surface area (Å²) in [5, 5.41) is 5.36. The molecule has 3 aromatic rings. The van der Waals surface area contributed by atoms with Gasteiger partial charge < -0.3 is 4.90 Å². The second-order valence-electron chi connectivity index (χ2n) is 6.45. The van der Waals surface area contributed by atoms with E-state index in [1.807, 2.05) is 16.3 Å². The molecular formula is C19H19N3O3S. The first-order chi connectivity index (χ1) is 12.6. The van der Waals surface area contributed by atoms with Gasteiger partial charge >= 0.3 is 0 Å². The Hall–Kier alpha value is -2.67. The van der Waals surface area contributed by atoms with Gasteiger partial charge in [0.1, 0.15) is 0 Å². The molecule has 1 aromatic carbocycles. The maximum Gasteiger partial charge on any atom is 0.273 e. The monoisotopic (exact) mass is 369 g/mol. The van der Waals surface area contributed by atoms with Crippen LogP contribution in [0.1, 0.15) is 30.2 Å². The lowest BCUT2D eigenvalue weighted by molar-refractivity contribution is -0.132. The molecule has 4 rings (SSSR count). The van der Waals surface area contributed by atoms with Gasteiger partial charge in [-0.1, -0.05) is 18.2 Å². The number of rotatable bonds is 4. The average molecular weight is 369 g/mol. The van der Waals surface area contributed by atoms with Gasteiger partial charge in [0.2, 0.25) is 5.91 Å². The van der Waals surface area contributed by atoms with Crippen molar-refractivity contribution < 1.29 is 4.79 Å². The summed E-state index contributed by atoms with van der Waals surface area (Å²) < 4.78 is 1.25. The van der Waals surface area contributed by atoms with E-state index >= 15 is 0 Å². The molecule has 1 aliphatic heterocycles. The number of hydrogen-bond donors (Lipinski definition) is 1. The van der Waals surface area contributed by atoms with Crippen LogP contribution in [0, 0.1) is 0 Å². The summed E-state index contributed by atoms with van der Waals surface area (Å²) in [6, 6.07) is 10.9. The number of likely N-dealkylation sites (tertiary alicyclic amines) is 1. The number of amides is 1. The third-order valence-corrected chi connectivity index (χ3v) is 5.85. The predicted octanol–water partition coefficient (Wildman–Crippen LogP) is 2.51. The standard InChI is InChI=1S/C19H19N3O3S/c23-17(21-10-3-7-15(21)16-8-4-12-26-16)9-11-22-19(25)14-6-2-1-5-13(14)18(24)20-22/h1-2,4-6,8,12,15H,3,7,9-11H2,(H,20,24)/t15-/m1/s1.